The first-order valence-electron chi connectivity index (χ1n) is 5.73. The van der Waals surface area contributed by atoms with Gasteiger partial charge in [-0.05, 0) is 24.7 Å². The van der Waals surface area contributed by atoms with Gasteiger partial charge in [0.1, 0.15) is 5.82 Å². The molecule has 0 aliphatic carbocycles. The number of nitrogens with zero attached hydrogens (tertiary/aromatic N) is 3. The maximum atomic E-state index is 13.3. The third kappa shape index (κ3) is 2.64. The van der Waals surface area contributed by atoms with Crippen molar-refractivity contribution < 1.29 is 17.6 Å². The molecule has 0 radical (unpaired) electrons. The number of aryl methyl sites for hydroxylation is 1. The van der Waals surface area contributed by atoms with Gasteiger partial charge in [0.05, 0.1) is 23.5 Å². The second-order valence-corrected chi connectivity index (χ2v) is 4.24. The van der Waals surface area contributed by atoms with E-state index in [-0.39, 0.29) is 5.56 Å². The van der Waals surface area contributed by atoms with Gasteiger partial charge in [-0.3, -0.25) is 4.68 Å². The predicted molar refractivity (Wildman–Crippen MR) is 63.3 cm³/mol. The van der Waals surface area contributed by atoms with E-state index in [1.54, 1.807) is 14.1 Å². The van der Waals surface area contributed by atoms with Gasteiger partial charge >= 0.3 is 6.18 Å². The van der Waals surface area contributed by atoms with Crippen LogP contribution in [-0.2, 0) is 13.2 Å². The quantitative estimate of drug-likeness (QED) is 0.881. The molecule has 0 bridgehead atoms. The zero-order valence-electron chi connectivity index (χ0n) is 10.7. The van der Waals surface area contributed by atoms with Crippen molar-refractivity contribution in [2.45, 2.75) is 12.2 Å². The molecule has 2 aromatic rings. The molecule has 20 heavy (non-hydrogen) atoms. The van der Waals surface area contributed by atoms with Crippen LogP contribution in [0.3, 0.4) is 0 Å². The number of hydrogen-bond donors (Lipinski definition) is 1. The van der Waals surface area contributed by atoms with E-state index in [9.17, 15) is 17.6 Å². The molecule has 1 aromatic carbocycles. The molecule has 1 aromatic heterocycles. The summed E-state index contributed by atoms with van der Waals surface area (Å²) in [5, 5.41) is 10.3. The Balaban J connectivity index is 2.49. The number of rotatable bonds is 3. The largest absolute Gasteiger partial charge is 0.419 e. The Morgan fingerprint density at radius 2 is 2.00 bits per heavy atom. The first kappa shape index (κ1) is 14.4. The molecule has 0 saturated heterocycles. The molecular weight excluding hydrogens is 276 g/mol. The van der Waals surface area contributed by atoms with Gasteiger partial charge in [0.15, 0.2) is 0 Å². The average molecular weight is 288 g/mol. The first-order chi connectivity index (χ1) is 9.34. The minimum Gasteiger partial charge on any atom is -0.308 e. The standard InChI is InChI=1S/C12H12F4N4/c1-17-11(10-6-18-19-20(10)2)7-3-4-9(13)8(5-7)12(14,15)16/h3-6,11,17H,1-2H3. The van der Waals surface area contributed by atoms with Gasteiger partial charge in [0.25, 0.3) is 0 Å². The van der Waals surface area contributed by atoms with Gasteiger partial charge in [-0.15, -0.1) is 5.10 Å². The van der Waals surface area contributed by atoms with Crippen LogP contribution in [0.5, 0.6) is 0 Å². The van der Waals surface area contributed by atoms with Gasteiger partial charge in [-0.25, -0.2) is 4.39 Å². The van der Waals surface area contributed by atoms with E-state index in [1.807, 2.05) is 0 Å². The summed E-state index contributed by atoms with van der Waals surface area (Å²) in [5.41, 5.74) is -0.427. The minimum absolute atomic E-state index is 0.284. The lowest BCUT2D eigenvalue weighted by molar-refractivity contribution is -0.140. The molecule has 1 heterocycles. The van der Waals surface area contributed by atoms with Crippen LogP contribution in [-0.4, -0.2) is 22.0 Å². The summed E-state index contributed by atoms with van der Waals surface area (Å²) in [4.78, 5) is 0. The van der Waals surface area contributed by atoms with E-state index >= 15 is 0 Å². The van der Waals surface area contributed by atoms with Gasteiger partial charge in [-0.2, -0.15) is 13.2 Å². The maximum Gasteiger partial charge on any atom is 0.419 e. The van der Waals surface area contributed by atoms with Crippen molar-refractivity contribution >= 4 is 0 Å². The highest BCUT2D eigenvalue weighted by molar-refractivity contribution is 5.33. The molecular formula is C12H12F4N4. The number of benzene rings is 1. The van der Waals surface area contributed by atoms with Crippen LogP contribution in [0.4, 0.5) is 17.6 Å². The summed E-state index contributed by atoms with van der Waals surface area (Å²) in [7, 11) is 3.22. The van der Waals surface area contributed by atoms with Gasteiger partial charge in [0.2, 0.25) is 0 Å². The molecule has 108 valence electrons. The van der Waals surface area contributed by atoms with E-state index in [2.05, 4.69) is 15.6 Å². The van der Waals surface area contributed by atoms with Crippen molar-refractivity contribution in [2.24, 2.45) is 7.05 Å². The van der Waals surface area contributed by atoms with Crippen LogP contribution in [0.25, 0.3) is 0 Å². The fraction of sp³-hybridized carbons (Fsp3) is 0.333. The maximum absolute atomic E-state index is 13.3. The Bertz CT molecular complexity index is 606. The van der Waals surface area contributed by atoms with Gasteiger partial charge in [-0.1, -0.05) is 11.3 Å². The SMILES string of the molecule is CNC(c1ccc(F)c(C(F)(F)F)c1)c1cnnn1C. The van der Waals surface area contributed by atoms with Crippen molar-refractivity contribution in [1.29, 1.82) is 0 Å². The van der Waals surface area contributed by atoms with Crippen LogP contribution in [0, 0.1) is 5.82 Å². The van der Waals surface area contributed by atoms with Crippen LogP contribution in [0.15, 0.2) is 24.4 Å². The molecule has 0 saturated carbocycles. The fourth-order valence-corrected chi connectivity index (χ4v) is 1.98. The van der Waals surface area contributed by atoms with Crippen LogP contribution in [0.1, 0.15) is 22.9 Å². The zero-order chi connectivity index (χ0) is 14.9. The number of nitrogens with one attached hydrogen (secondary N) is 1. The minimum atomic E-state index is -4.73. The molecule has 0 amide bonds. The van der Waals surface area contributed by atoms with Crippen molar-refractivity contribution in [2.75, 3.05) is 7.05 Å². The lowest BCUT2D eigenvalue weighted by Gasteiger charge is -2.18. The molecule has 0 aliphatic heterocycles. The predicted octanol–water partition coefficient (Wildman–Crippen LogP) is 2.28. The molecule has 2 rings (SSSR count). The van der Waals surface area contributed by atoms with E-state index < -0.39 is 23.6 Å². The van der Waals surface area contributed by atoms with Crippen molar-refractivity contribution in [3.05, 3.63) is 47.0 Å². The highest BCUT2D eigenvalue weighted by atomic mass is 19.4. The van der Waals surface area contributed by atoms with Gasteiger partial charge < -0.3 is 5.32 Å². The number of halogens is 4. The number of alkyl halides is 3. The molecule has 0 spiro atoms. The summed E-state index contributed by atoms with van der Waals surface area (Å²) in [6, 6.07) is 2.35. The van der Waals surface area contributed by atoms with Crippen molar-refractivity contribution in [3.8, 4) is 0 Å². The fourth-order valence-electron chi connectivity index (χ4n) is 1.98. The summed E-state index contributed by atoms with van der Waals surface area (Å²) in [6.07, 6.45) is -3.29. The van der Waals surface area contributed by atoms with Crippen molar-refractivity contribution in [1.82, 2.24) is 20.3 Å². The molecule has 1 atom stereocenters. The smallest absolute Gasteiger partial charge is 0.308 e. The van der Waals surface area contributed by atoms with E-state index in [1.165, 1.54) is 16.9 Å². The summed E-state index contributed by atoms with van der Waals surface area (Å²) in [5.74, 6) is -1.29. The third-order valence-corrected chi connectivity index (χ3v) is 2.96. The molecule has 0 aliphatic rings. The van der Waals surface area contributed by atoms with E-state index in [0.29, 0.717) is 5.69 Å². The van der Waals surface area contributed by atoms with Gasteiger partial charge in [0, 0.05) is 7.05 Å². The normalized spacial score (nSPS) is 13.5. The summed E-state index contributed by atoms with van der Waals surface area (Å²) < 4.78 is 52.9. The van der Waals surface area contributed by atoms with E-state index in [0.717, 1.165) is 12.1 Å². The Morgan fingerprint density at radius 1 is 1.30 bits per heavy atom. The molecule has 8 heteroatoms. The Kier molecular flexibility index (Phi) is 3.76. The molecule has 4 nitrogen and oxygen atoms in total. The second kappa shape index (κ2) is 5.20. The molecule has 1 unspecified atom stereocenters. The summed E-state index contributed by atoms with van der Waals surface area (Å²) in [6.45, 7) is 0. The van der Waals surface area contributed by atoms with Crippen LogP contribution in [0.2, 0.25) is 0 Å². The number of hydrogen-bond acceptors (Lipinski definition) is 3. The highest BCUT2D eigenvalue weighted by Gasteiger charge is 2.35. The first-order valence-corrected chi connectivity index (χ1v) is 5.73. The number of aromatic nitrogens is 3. The Labute approximate surface area is 112 Å². The lowest BCUT2D eigenvalue weighted by Crippen LogP contribution is -2.21. The van der Waals surface area contributed by atoms with Crippen LogP contribution < -0.4 is 5.32 Å². The van der Waals surface area contributed by atoms with E-state index in [4.69, 9.17) is 0 Å². The van der Waals surface area contributed by atoms with Crippen LogP contribution >= 0.6 is 0 Å². The Hall–Kier alpha value is -1.96. The average Bonchev–Trinajstić information content (AvgIpc) is 2.77. The molecule has 1 N–H and O–H groups in total. The topological polar surface area (TPSA) is 42.7 Å². The van der Waals surface area contributed by atoms with Crippen molar-refractivity contribution in [3.63, 3.8) is 0 Å². The zero-order valence-corrected chi connectivity index (χ0v) is 10.7. The highest BCUT2D eigenvalue weighted by Crippen LogP contribution is 2.33. The second-order valence-electron chi connectivity index (χ2n) is 4.24. The molecule has 0 fully saturated rings. The lowest BCUT2D eigenvalue weighted by atomic mass is 10.0. The Morgan fingerprint density at radius 3 is 2.50 bits per heavy atom. The summed E-state index contributed by atoms with van der Waals surface area (Å²) >= 11 is 0. The third-order valence-electron chi connectivity index (χ3n) is 2.96. The monoisotopic (exact) mass is 288 g/mol.